The van der Waals surface area contributed by atoms with Crippen LogP contribution in [-0.4, -0.2) is 19.7 Å². The van der Waals surface area contributed by atoms with Crippen molar-refractivity contribution in [3.05, 3.63) is 77.0 Å². The molecule has 0 amide bonds. The van der Waals surface area contributed by atoms with E-state index in [0.717, 1.165) is 16.8 Å². The SMILES string of the molecule is Fc1cccc([C@@H]2Cn3cnc(-c4nc(-c5cccc(Cl)c5)no4)c3CO2)c1. The molecule has 2 aromatic carbocycles. The second-order valence-corrected chi connectivity index (χ2v) is 6.92. The van der Waals surface area contributed by atoms with Crippen LogP contribution in [0.25, 0.3) is 23.0 Å². The number of nitrogens with zero attached hydrogens (tertiary/aromatic N) is 4. The quantitative estimate of drug-likeness (QED) is 0.503. The molecule has 0 N–H and O–H groups in total. The molecule has 5 rings (SSSR count). The number of aromatic nitrogens is 4. The van der Waals surface area contributed by atoms with E-state index in [4.69, 9.17) is 20.9 Å². The summed E-state index contributed by atoms with van der Waals surface area (Å²) in [5, 5.41) is 4.63. The third-order valence-corrected chi connectivity index (χ3v) is 4.90. The summed E-state index contributed by atoms with van der Waals surface area (Å²) in [6.45, 7) is 0.840. The third kappa shape index (κ3) is 3.08. The molecule has 0 spiro atoms. The molecule has 0 saturated carbocycles. The molecule has 6 nitrogen and oxygen atoms in total. The van der Waals surface area contributed by atoms with Crippen molar-refractivity contribution >= 4 is 11.6 Å². The Kier molecular flexibility index (Phi) is 4.18. The molecule has 0 fully saturated rings. The molecule has 0 aliphatic carbocycles. The normalized spacial score (nSPS) is 16.1. The molecule has 0 bridgehead atoms. The Hall–Kier alpha value is -3.03. The van der Waals surface area contributed by atoms with Crippen LogP contribution in [0, 0.1) is 5.82 Å². The molecule has 8 heteroatoms. The van der Waals surface area contributed by atoms with Gasteiger partial charge in [-0.2, -0.15) is 4.98 Å². The van der Waals surface area contributed by atoms with Gasteiger partial charge in [-0.1, -0.05) is 41.0 Å². The molecule has 3 heterocycles. The van der Waals surface area contributed by atoms with Gasteiger partial charge in [0.25, 0.3) is 5.89 Å². The Morgan fingerprint density at radius 2 is 2.04 bits per heavy atom. The molecule has 1 aliphatic rings. The highest BCUT2D eigenvalue weighted by Crippen LogP contribution is 2.32. The van der Waals surface area contributed by atoms with E-state index >= 15 is 0 Å². The molecular weight excluding hydrogens is 383 g/mol. The average molecular weight is 397 g/mol. The summed E-state index contributed by atoms with van der Waals surface area (Å²) in [6.07, 6.45) is 1.47. The molecule has 4 aromatic rings. The molecule has 1 atom stereocenters. The highest BCUT2D eigenvalue weighted by molar-refractivity contribution is 6.30. The standard InChI is InChI=1S/C20H14ClFN4O2/c21-14-5-1-4-13(7-14)19-24-20(28-25-19)18-16-10-27-17(9-26(16)11-23-18)12-3-2-6-15(22)8-12/h1-8,11,17H,9-10H2/t17-/m0/s1. The number of hydrogen-bond donors (Lipinski definition) is 0. The van der Waals surface area contributed by atoms with Crippen LogP contribution in [0.1, 0.15) is 17.4 Å². The van der Waals surface area contributed by atoms with Gasteiger partial charge in [0.05, 0.1) is 25.2 Å². The van der Waals surface area contributed by atoms with Crippen molar-refractivity contribution in [1.82, 2.24) is 19.7 Å². The van der Waals surface area contributed by atoms with Crippen LogP contribution in [0.2, 0.25) is 5.02 Å². The van der Waals surface area contributed by atoms with Gasteiger partial charge < -0.3 is 13.8 Å². The zero-order valence-electron chi connectivity index (χ0n) is 14.5. The molecular formula is C20H14ClFN4O2. The predicted octanol–water partition coefficient (Wildman–Crippen LogP) is 4.66. The van der Waals surface area contributed by atoms with Gasteiger partial charge in [-0.25, -0.2) is 9.37 Å². The lowest BCUT2D eigenvalue weighted by atomic mass is 10.1. The van der Waals surface area contributed by atoms with Gasteiger partial charge in [0.1, 0.15) is 11.9 Å². The number of rotatable bonds is 3. The van der Waals surface area contributed by atoms with Gasteiger partial charge in [0.2, 0.25) is 5.82 Å². The Balaban J connectivity index is 1.42. The molecule has 0 unspecified atom stereocenters. The number of ether oxygens (including phenoxy) is 1. The Bertz CT molecular complexity index is 1160. The first kappa shape index (κ1) is 17.1. The van der Waals surface area contributed by atoms with Gasteiger partial charge in [-0.3, -0.25) is 0 Å². The summed E-state index contributed by atoms with van der Waals surface area (Å²) in [4.78, 5) is 8.87. The molecule has 0 radical (unpaired) electrons. The number of fused-ring (bicyclic) bond motifs is 1. The van der Waals surface area contributed by atoms with E-state index in [1.54, 1.807) is 24.5 Å². The van der Waals surface area contributed by atoms with Crippen molar-refractivity contribution < 1.29 is 13.7 Å². The van der Waals surface area contributed by atoms with Crippen molar-refractivity contribution in [2.24, 2.45) is 0 Å². The molecule has 140 valence electrons. The average Bonchev–Trinajstić information content (AvgIpc) is 3.34. The fourth-order valence-corrected chi connectivity index (χ4v) is 3.47. The summed E-state index contributed by atoms with van der Waals surface area (Å²) in [6, 6.07) is 13.7. The van der Waals surface area contributed by atoms with E-state index in [1.165, 1.54) is 12.1 Å². The third-order valence-electron chi connectivity index (χ3n) is 4.66. The summed E-state index contributed by atoms with van der Waals surface area (Å²) in [5.74, 6) is 0.475. The van der Waals surface area contributed by atoms with Gasteiger partial charge in [0, 0.05) is 10.6 Å². The number of benzene rings is 2. The largest absolute Gasteiger partial charge is 0.365 e. The number of hydrogen-bond acceptors (Lipinski definition) is 5. The first-order valence-corrected chi connectivity index (χ1v) is 9.06. The summed E-state index contributed by atoms with van der Waals surface area (Å²) in [7, 11) is 0. The van der Waals surface area contributed by atoms with E-state index in [0.29, 0.717) is 35.6 Å². The van der Waals surface area contributed by atoms with E-state index in [1.807, 2.05) is 22.8 Å². The second-order valence-electron chi connectivity index (χ2n) is 6.48. The van der Waals surface area contributed by atoms with Crippen molar-refractivity contribution in [3.63, 3.8) is 0 Å². The second kappa shape index (κ2) is 6.85. The van der Waals surface area contributed by atoms with E-state index in [-0.39, 0.29) is 11.9 Å². The topological polar surface area (TPSA) is 66.0 Å². The zero-order chi connectivity index (χ0) is 19.1. The lowest BCUT2D eigenvalue weighted by Crippen LogP contribution is -2.20. The maximum atomic E-state index is 13.5. The van der Waals surface area contributed by atoms with Gasteiger partial charge in [0.15, 0.2) is 5.69 Å². The fourth-order valence-electron chi connectivity index (χ4n) is 3.28. The van der Waals surface area contributed by atoms with Crippen LogP contribution >= 0.6 is 11.6 Å². The summed E-state index contributed by atoms with van der Waals surface area (Å²) >= 11 is 6.03. The van der Waals surface area contributed by atoms with Crippen LogP contribution in [0.3, 0.4) is 0 Å². The first-order valence-electron chi connectivity index (χ1n) is 8.68. The number of imidazole rings is 1. The Morgan fingerprint density at radius 3 is 2.89 bits per heavy atom. The lowest BCUT2D eigenvalue weighted by molar-refractivity contribution is 0.00314. The highest BCUT2D eigenvalue weighted by atomic mass is 35.5. The monoisotopic (exact) mass is 396 g/mol. The minimum absolute atomic E-state index is 0.241. The van der Waals surface area contributed by atoms with Crippen LogP contribution < -0.4 is 0 Å². The Labute approximate surface area is 164 Å². The van der Waals surface area contributed by atoms with E-state index in [2.05, 4.69) is 15.1 Å². The first-order chi connectivity index (χ1) is 13.7. The van der Waals surface area contributed by atoms with Crippen LogP contribution in [0.15, 0.2) is 59.4 Å². The zero-order valence-corrected chi connectivity index (χ0v) is 15.3. The summed E-state index contributed by atoms with van der Waals surface area (Å²) in [5.41, 5.74) is 2.98. The molecule has 0 saturated heterocycles. The van der Waals surface area contributed by atoms with E-state index in [9.17, 15) is 4.39 Å². The van der Waals surface area contributed by atoms with Gasteiger partial charge in [-0.15, -0.1) is 0 Å². The lowest BCUT2D eigenvalue weighted by Gasteiger charge is -2.25. The van der Waals surface area contributed by atoms with Gasteiger partial charge >= 0.3 is 0 Å². The minimum atomic E-state index is -0.280. The van der Waals surface area contributed by atoms with Crippen molar-refractivity contribution in [2.45, 2.75) is 19.3 Å². The minimum Gasteiger partial charge on any atom is -0.365 e. The highest BCUT2D eigenvalue weighted by Gasteiger charge is 2.26. The predicted molar refractivity (Wildman–Crippen MR) is 99.9 cm³/mol. The van der Waals surface area contributed by atoms with Gasteiger partial charge in [-0.05, 0) is 29.8 Å². The fraction of sp³-hybridized carbons (Fsp3) is 0.150. The van der Waals surface area contributed by atoms with Crippen molar-refractivity contribution in [3.8, 4) is 23.0 Å². The smallest absolute Gasteiger partial charge is 0.278 e. The maximum Gasteiger partial charge on any atom is 0.278 e. The molecule has 1 aliphatic heterocycles. The molecule has 2 aromatic heterocycles. The number of halogens is 2. The van der Waals surface area contributed by atoms with Crippen molar-refractivity contribution in [1.29, 1.82) is 0 Å². The maximum absolute atomic E-state index is 13.5. The van der Waals surface area contributed by atoms with Crippen LogP contribution in [0.4, 0.5) is 4.39 Å². The van der Waals surface area contributed by atoms with Crippen molar-refractivity contribution in [2.75, 3.05) is 0 Å². The van der Waals surface area contributed by atoms with E-state index < -0.39 is 0 Å². The Morgan fingerprint density at radius 1 is 1.14 bits per heavy atom. The van der Waals surface area contributed by atoms with Crippen LogP contribution in [-0.2, 0) is 17.9 Å². The van der Waals surface area contributed by atoms with Crippen LogP contribution in [0.5, 0.6) is 0 Å². The summed E-state index contributed by atoms with van der Waals surface area (Å²) < 4.78 is 26.8. The molecule has 28 heavy (non-hydrogen) atoms.